The lowest BCUT2D eigenvalue weighted by molar-refractivity contribution is 0.692. The molecule has 0 radical (unpaired) electrons. The molecular weight excluding hydrogens is 376 g/mol. The van der Waals surface area contributed by atoms with E-state index in [4.69, 9.17) is 0 Å². The standard InChI is InChI=1S/C16H15BrN4OS/c1-11-4-3-5-15(21-16(22)20(2)18-19-21)14(11)10-23-13-8-6-12(17)7-9-13/h3-9H,10H2,1-2H3. The number of hydrogen-bond donors (Lipinski definition) is 0. The van der Waals surface area contributed by atoms with Crippen LogP contribution in [0.15, 0.2) is 56.6 Å². The molecule has 0 saturated heterocycles. The maximum Gasteiger partial charge on any atom is 0.368 e. The van der Waals surface area contributed by atoms with E-state index in [1.54, 1.807) is 18.8 Å². The van der Waals surface area contributed by atoms with Gasteiger partial charge in [-0.3, -0.25) is 0 Å². The van der Waals surface area contributed by atoms with Gasteiger partial charge in [0.2, 0.25) is 0 Å². The van der Waals surface area contributed by atoms with Gasteiger partial charge in [-0.1, -0.05) is 28.1 Å². The zero-order chi connectivity index (χ0) is 16.4. The summed E-state index contributed by atoms with van der Waals surface area (Å²) in [5.41, 5.74) is 2.76. The number of hydrogen-bond acceptors (Lipinski definition) is 4. The molecule has 1 aromatic heterocycles. The van der Waals surface area contributed by atoms with Crippen LogP contribution in [-0.2, 0) is 12.8 Å². The Bertz CT molecular complexity index is 886. The summed E-state index contributed by atoms with van der Waals surface area (Å²) in [6.45, 7) is 2.04. The smallest absolute Gasteiger partial charge is 0.244 e. The van der Waals surface area contributed by atoms with E-state index in [2.05, 4.69) is 38.5 Å². The van der Waals surface area contributed by atoms with Crippen molar-refractivity contribution in [2.75, 3.05) is 0 Å². The minimum atomic E-state index is -0.245. The lowest BCUT2D eigenvalue weighted by atomic mass is 10.1. The quantitative estimate of drug-likeness (QED) is 0.641. The van der Waals surface area contributed by atoms with Crippen LogP contribution in [0.25, 0.3) is 5.69 Å². The van der Waals surface area contributed by atoms with E-state index in [-0.39, 0.29) is 5.69 Å². The number of aromatic nitrogens is 4. The first-order valence-corrected chi connectivity index (χ1v) is 8.80. The van der Waals surface area contributed by atoms with Gasteiger partial charge in [-0.25, -0.2) is 4.79 Å². The summed E-state index contributed by atoms with van der Waals surface area (Å²) in [6, 6.07) is 14.1. The number of halogens is 1. The number of benzene rings is 2. The molecule has 5 nitrogen and oxygen atoms in total. The van der Waals surface area contributed by atoms with Gasteiger partial charge in [0.15, 0.2) is 0 Å². The number of nitrogens with zero attached hydrogens (tertiary/aromatic N) is 4. The van der Waals surface area contributed by atoms with Gasteiger partial charge >= 0.3 is 5.69 Å². The van der Waals surface area contributed by atoms with Gasteiger partial charge in [0, 0.05) is 22.2 Å². The summed E-state index contributed by atoms with van der Waals surface area (Å²) in [6.07, 6.45) is 0. The monoisotopic (exact) mass is 390 g/mol. The van der Waals surface area contributed by atoms with E-state index in [0.717, 1.165) is 27.0 Å². The van der Waals surface area contributed by atoms with E-state index in [9.17, 15) is 4.79 Å². The third-order valence-electron chi connectivity index (χ3n) is 3.53. The second kappa shape index (κ2) is 6.72. The Morgan fingerprint density at radius 1 is 1.13 bits per heavy atom. The molecule has 0 aliphatic heterocycles. The molecule has 0 bridgehead atoms. The molecule has 118 valence electrons. The van der Waals surface area contributed by atoms with Crippen molar-refractivity contribution in [2.24, 2.45) is 7.05 Å². The molecule has 0 N–H and O–H groups in total. The first-order chi connectivity index (χ1) is 11.1. The molecule has 3 aromatic rings. The summed E-state index contributed by atoms with van der Waals surface area (Å²) in [7, 11) is 1.60. The molecule has 0 aliphatic rings. The first kappa shape index (κ1) is 16.0. The molecule has 23 heavy (non-hydrogen) atoms. The molecule has 0 fully saturated rings. The lowest BCUT2D eigenvalue weighted by Crippen LogP contribution is -2.23. The van der Waals surface area contributed by atoms with Crippen LogP contribution in [0.1, 0.15) is 11.1 Å². The molecule has 1 heterocycles. The Morgan fingerprint density at radius 2 is 1.87 bits per heavy atom. The lowest BCUT2D eigenvalue weighted by Gasteiger charge is -2.11. The van der Waals surface area contributed by atoms with Crippen LogP contribution in [-0.4, -0.2) is 19.8 Å². The van der Waals surface area contributed by atoms with Crippen LogP contribution in [0.4, 0.5) is 0 Å². The van der Waals surface area contributed by atoms with Gasteiger partial charge in [-0.15, -0.1) is 11.8 Å². The van der Waals surface area contributed by atoms with Crippen molar-refractivity contribution >= 4 is 27.7 Å². The van der Waals surface area contributed by atoms with Crippen molar-refractivity contribution in [3.05, 3.63) is 68.5 Å². The first-order valence-electron chi connectivity index (χ1n) is 7.02. The Balaban J connectivity index is 1.94. The topological polar surface area (TPSA) is 52.7 Å². The summed E-state index contributed by atoms with van der Waals surface area (Å²) in [5, 5.41) is 7.75. The molecule has 0 amide bonds. The van der Waals surface area contributed by atoms with Crippen LogP contribution in [0.2, 0.25) is 0 Å². The van der Waals surface area contributed by atoms with E-state index in [1.165, 1.54) is 14.3 Å². The Labute approximate surface area is 146 Å². The second-order valence-corrected chi connectivity index (χ2v) is 7.08. The van der Waals surface area contributed by atoms with E-state index in [0.29, 0.717) is 0 Å². The van der Waals surface area contributed by atoms with Crippen molar-refractivity contribution in [1.82, 2.24) is 19.8 Å². The highest BCUT2D eigenvalue weighted by atomic mass is 79.9. The molecule has 2 aromatic carbocycles. The third-order valence-corrected chi connectivity index (χ3v) is 5.10. The molecule has 0 saturated carbocycles. The molecule has 3 rings (SSSR count). The minimum Gasteiger partial charge on any atom is -0.244 e. The van der Waals surface area contributed by atoms with Crippen LogP contribution < -0.4 is 5.69 Å². The van der Waals surface area contributed by atoms with Crippen LogP contribution >= 0.6 is 27.7 Å². The fourth-order valence-electron chi connectivity index (χ4n) is 2.22. The Morgan fingerprint density at radius 3 is 2.52 bits per heavy atom. The van der Waals surface area contributed by atoms with Gasteiger partial charge < -0.3 is 0 Å². The number of rotatable bonds is 4. The molecule has 0 unspecified atom stereocenters. The average molecular weight is 391 g/mol. The Hall–Kier alpha value is -1.86. The Kier molecular flexibility index (Phi) is 4.68. The highest BCUT2D eigenvalue weighted by molar-refractivity contribution is 9.10. The van der Waals surface area contributed by atoms with E-state index < -0.39 is 0 Å². The summed E-state index contributed by atoms with van der Waals surface area (Å²) >= 11 is 5.17. The number of tetrazole rings is 1. The minimum absolute atomic E-state index is 0.245. The number of aryl methyl sites for hydroxylation is 2. The largest absolute Gasteiger partial charge is 0.368 e. The van der Waals surface area contributed by atoms with Crippen molar-refractivity contribution in [2.45, 2.75) is 17.6 Å². The van der Waals surface area contributed by atoms with Crippen molar-refractivity contribution in [3.8, 4) is 5.69 Å². The van der Waals surface area contributed by atoms with Crippen molar-refractivity contribution in [1.29, 1.82) is 0 Å². The fraction of sp³-hybridized carbons (Fsp3) is 0.188. The molecule has 0 spiro atoms. The summed E-state index contributed by atoms with van der Waals surface area (Å²) in [4.78, 5) is 13.3. The van der Waals surface area contributed by atoms with Gasteiger partial charge in [0.25, 0.3) is 0 Å². The SMILES string of the molecule is Cc1cccc(-n2nnn(C)c2=O)c1CSc1ccc(Br)cc1. The zero-order valence-corrected chi connectivity index (χ0v) is 15.1. The highest BCUT2D eigenvalue weighted by Crippen LogP contribution is 2.28. The summed E-state index contributed by atoms with van der Waals surface area (Å²) < 4.78 is 3.64. The number of thioether (sulfide) groups is 1. The zero-order valence-electron chi connectivity index (χ0n) is 12.7. The predicted octanol–water partition coefficient (Wildman–Crippen LogP) is 3.33. The van der Waals surface area contributed by atoms with Crippen LogP contribution in [0.3, 0.4) is 0 Å². The average Bonchev–Trinajstić information content (AvgIpc) is 2.87. The fourth-order valence-corrected chi connectivity index (χ4v) is 3.50. The molecule has 0 atom stereocenters. The van der Waals surface area contributed by atoms with Gasteiger partial charge in [0.05, 0.1) is 5.69 Å². The molecule has 0 aliphatic carbocycles. The van der Waals surface area contributed by atoms with Gasteiger partial charge in [-0.05, 0) is 58.8 Å². The second-order valence-electron chi connectivity index (χ2n) is 5.11. The maximum atomic E-state index is 12.1. The van der Waals surface area contributed by atoms with Crippen LogP contribution in [0, 0.1) is 6.92 Å². The predicted molar refractivity (Wildman–Crippen MR) is 95.0 cm³/mol. The van der Waals surface area contributed by atoms with E-state index in [1.807, 2.05) is 37.3 Å². The molecular formula is C16H15BrN4OS. The highest BCUT2D eigenvalue weighted by Gasteiger charge is 2.13. The van der Waals surface area contributed by atoms with Gasteiger partial charge in [0.1, 0.15) is 0 Å². The third kappa shape index (κ3) is 3.40. The normalized spacial score (nSPS) is 10.9. The van der Waals surface area contributed by atoms with Gasteiger partial charge in [-0.2, -0.15) is 9.36 Å². The van der Waals surface area contributed by atoms with Crippen molar-refractivity contribution < 1.29 is 0 Å². The van der Waals surface area contributed by atoms with E-state index >= 15 is 0 Å². The molecule has 7 heteroatoms. The summed E-state index contributed by atoms with van der Waals surface area (Å²) in [5.74, 6) is 0.757. The van der Waals surface area contributed by atoms with Crippen molar-refractivity contribution in [3.63, 3.8) is 0 Å². The maximum absolute atomic E-state index is 12.1. The van der Waals surface area contributed by atoms with Crippen LogP contribution in [0.5, 0.6) is 0 Å².